The van der Waals surface area contributed by atoms with Crippen molar-refractivity contribution in [1.82, 2.24) is 10.2 Å². The number of carbonyl (C=O) groups excluding carboxylic acids is 2. The number of amides is 2. The number of nitrogens with two attached hydrogens (primary N) is 1. The Morgan fingerprint density at radius 1 is 1.38 bits per heavy atom. The van der Waals surface area contributed by atoms with Crippen molar-refractivity contribution in [2.75, 3.05) is 26.3 Å². The fourth-order valence-corrected chi connectivity index (χ4v) is 3.01. The highest BCUT2D eigenvalue weighted by molar-refractivity contribution is 7.80. The van der Waals surface area contributed by atoms with Gasteiger partial charge in [0.25, 0.3) is 0 Å². The van der Waals surface area contributed by atoms with Crippen molar-refractivity contribution in [3.63, 3.8) is 0 Å². The molecule has 0 aromatic heterocycles. The van der Waals surface area contributed by atoms with E-state index in [9.17, 15) is 9.59 Å². The summed E-state index contributed by atoms with van der Waals surface area (Å²) in [5.41, 5.74) is 4.96. The zero-order valence-corrected chi connectivity index (χ0v) is 13.8. The van der Waals surface area contributed by atoms with E-state index in [4.69, 9.17) is 22.7 Å². The van der Waals surface area contributed by atoms with E-state index in [1.807, 2.05) is 20.8 Å². The molecule has 1 aliphatic heterocycles. The van der Waals surface area contributed by atoms with Crippen LogP contribution in [-0.2, 0) is 14.3 Å². The number of thiocarbonyl (C=S) groups is 1. The second kappa shape index (κ2) is 7.70. The maximum atomic E-state index is 13.0. The van der Waals surface area contributed by atoms with Gasteiger partial charge >= 0.3 is 0 Å². The highest BCUT2D eigenvalue weighted by Crippen LogP contribution is 2.31. The monoisotopic (exact) mass is 315 g/mol. The molecule has 1 fully saturated rings. The number of ether oxygens (including phenoxy) is 1. The molecule has 3 N–H and O–H groups in total. The van der Waals surface area contributed by atoms with Crippen LogP contribution >= 0.6 is 12.2 Å². The minimum atomic E-state index is -0.878. The zero-order valence-electron chi connectivity index (χ0n) is 13.0. The molecule has 1 rings (SSSR count). The summed E-state index contributed by atoms with van der Waals surface area (Å²) in [6.07, 6.45) is 1.05. The van der Waals surface area contributed by atoms with Crippen LogP contribution in [0, 0.1) is 5.41 Å². The van der Waals surface area contributed by atoms with Crippen LogP contribution in [0.5, 0.6) is 0 Å². The normalized spacial score (nSPS) is 19.2. The van der Waals surface area contributed by atoms with Gasteiger partial charge in [0, 0.05) is 13.1 Å². The van der Waals surface area contributed by atoms with E-state index in [1.165, 1.54) is 0 Å². The second-order valence-corrected chi connectivity index (χ2v) is 5.58. The Morgan fingerprint density at radius 2 is 2.00 bits per heavy atom. The summed E-state index contributed by atoms with van der Waals surface area (Å²) in [6, 6.07) is -0.613. The van der Waals surface area contributed by atoms with E-state index in [0.29, 0.717) is 32.5 Å². The highest BCUT2D eigenvalue weighted by Gasteiger charge is 2.45. The standard InChI is InChI=1S/C14H25N3O3S/c1-4-14(5-2,12(15)21)13(19)17-7-8-20-9-10(17)11(18)16-6-3/h10H,4-9H2,1-3H3,(H2,15,21)(H,16,18). The van der Waals surface area contributed by atoms with Crippen LogP contribution < -0.4 is 11.1 Å². The van der Waals surface area contributed by atoms with Crippen LogP contribution in [0.15, 0.2) is 0 Å². The SMILES string of the molecule is CCNC(=O)C1COCCN1C(=O)C(CC)(CC)C(N)=S. The average molecular weight is 315 g/mol. The minimum absolute atomic E-state index is 0.167. The Bertz CT molecular complexity index is 410. The molecule has 1 unspecified atom stereocenters. The van der Waals surface area contributed by atoms with Crippen molar-refractivity contribution in [3.8, 4) is 0 Å². The van der Waals surface area contributed by atoms with Crippen LogP contribution in [0.1, 0.15) is 33.6 Å². The number of likely N-dealkylation sites (N-methyl/N-ethyl adjacent to an activating group) is 1. The molecular weight excluding hydrogens is 290 g/mol. The summed E-state index contributed by atoms with van der Waals surface area (Å²) in [5, 5.41) is 2.74. The molecule has 1 saturated heterocycles. The van der Waals surface area contributed by atoms with Gasteiger partial charge in [0.2, 0.25) is 11.8 Å². The Hall–Kier alpha value is -1.21. The molecule has 21 heavy (non-hydrogen) atoms. The first-order valence-electron chi connectivity index (χ1n) is 7.41. The molecule has 120 valence electrons. The molecule has 0 aliphatic carbocycles. The second-order valence-electron chi connectivity index (χ2n) is 5.14. The van der Waals surface area contributed by atoms with Crippen molar-refractivity contribution >= 4 is 29.0 Å². The van der Waals surface area contributed by atoms with Crippen LogP contribution in [0.2, 0.25) is 0 Å². The summed E-state index contributed by atoms with van der Waals surface area (Å²) in [6.45, 7) is 7.14. The lowest BCUT2D eigenvalue weighted by Gasteiger charge is -2.41. The number of hydrogen-bond acceptors (Lipinski definition) is 4. The van der Waals surface area contributed by atoms with E-state index in [-0.39, 0.29) is 23.4 Å². The lowest BCUT2D eigenvalue weighted by molar-refractivity contribution is -0.154. The summed E-state index contributed by atoms with van der Waals surface area (Å²) < 4.78 is 5.35. The summed E-state index contributed by atoms with van der Waals surface area (Å²) in [7, 11) is 0. The first-order chi connectivity index (χ1) is 9.94. The molecule has 1 aliphatic rings. The van der Waals surface area contributed by atoms with Crippen LogP contribution in [-0.4, -0.2) is 54.0 Å². The molecule has 0 bridgehead atoms. The topological polar surface area (TPSA) is 84.7 Å². The predicted octanol–water partition coefficient (Wildman–Crippen LogP) is 0.442. The van der Waals surface area contributed by atoms with E-state index < -0.39 is 11.5 Å². The molecular formula is C14H25N3O3S. The summed E-state index contributed by atoms with van der Waals surface area (Å²) in [4.78, 5) is 26.9. The third-order valence-electron chi connectivity index (χ3n) is 4.13. The lowest BCUT2D eigenvalue weighted by atomic mass is 9.80. The van der Waals surface area contributed by atoms with Gasteiger partial charge in [-0.3, -0.25) is 9.59 Å². The van der Waals surface area contributed by atoms with Crippen LogP contribution in [0.3, 0.4) is 0 Å². The number of nitrogens with one attached hydrogen (secondary N) is 1. The molecule has 0 aromatic rings. The maximum absolute atomic E-state index is 13.0. The number of rotatable bonds is 6. The first kappa shape index (κ1) is 17.8. The molecule has 6 nitrogen and oxygen atoms in total. The molecule has 2 amide bonds. The van der Waals surface area contributed by atoms with Crippen LogP contribution in [0.25, 0.3) is 0 Å². The number of morpholine rings is 1. The molecule has 7 heteroatoms. The Kier molecular flexibility index (Phi) is 6.54. The van der Waals surface area contributed by atoms with E-state index in [2.05, 4.69) is 5.32 Å². The van der Waals surface area contributed by atoms with Gasteiger partial charge in [-0.2, -0.15) is 0 Å². The fourth-order valence-electron chi connectivity index (χ4n) is 2.64. The molecule has 0 aromatic carbocycles. The van der Waals surface area contributed by atoms with Crippen molar-refractivity contribution < 1.29 is 14.3 Å². The number of nitrogens with zero attached hydrogens (tertiary/aromatic N) is 1. The molecule has 0 saturated carbocycles. The van der Waals surface area contributed by atoms with Crippen molar-refractivity contribution in [3.05, 3.63) is 0 Å². The molecule has 0 radical (unpaired) electrons. The third-order valence-corrected chi connectivity index (χ3v) is 4.52. The quantitative estimate of drug-likeness (QED) is 0.695. The Morgan fingerprint density at radius 3 is 2.48 bits per heavy atom. The molecule has 1 heterocycles. The van der Waals surface area contributed by atoms with Gasteiger partial charge in [0.1, 0.15) is 6.04 Å². The van der Waals surface area contributed by atoms with Crippen molar-refractivity contribution in [1.29, 1.82) is 0 Å². The fraction of sp³-hybridized carbons (Fsp3) is 0.786. The largest absolute Gasteiger partial charge is 0.392 e. The van der Waals surface area contributed by atoms with Gasteiger partial charge in [-0.1, -0.05) is 26.1 Å². The molecule has 1 atom stereocenters. The molecule has 0 spiro atoms. The maximum Gasteiger partial charge on any atom is 0.245 e. The Labute approximate surface area is 131 Å². The van der Waals surface area contributed by atoms with E-state index in [0.717, 1.165) is 0 Å². The first-order valence-corrected chi connectivity index (χ1v) is 7.81. The van der Waals surface area contributed by atoms with E-state index >= 15 is 0 Å². The number of carbonyl (C=O) groups is 2. The van der Waals surface area contributed by atoms with Crippen molar-refractivity contribution in [2.24, 2.45) is 11.1 Å². The van der Waals surface area contributed by atoms with Gasteiger partial charge in [-0.05, 0) is 19.8 Å². The van der Waals surface area contributed by atoms with Gasteiger partial charge in [0.05, 0.1) is 23.6 Å². The smallest absolute Gasteiger partial charge is 0.245 e. The zero-order chi connectivity index (χ0) is 16.0. The number of hydrogen-bond donors (Lipinski definition) is 2. The summed E-state index contributed by atoms with van der Waals surface area (Å²) >= 11 is 5.13. The Balaban J connectivity index is 3.05. The van der Waals surface area contributed by atoms with Gasteiger partial charge < -0.3 is 20.7 Å². The van der Waals surface area contributed by atoms with E-state index in [1.54, 1.807) is 4.90 Å². The highest BCUT2D eigenvalue weighted by atomic mass is 32.1. The lowest BCUT2D eigenvalue weighted by Crippen LogP contribution is -2.61. The van der Waals surface area contributed by atoms with Gasteiger partial charge in [-0.25, -0.2) is 0 Å². The average Bonchev–Trinajstić information content (AvgIpc) is 2.48. The van der Waals surface area contributed by atoms with Gasteiger partial charge in [-0.15, -0.1) is 0 Å². The van der Waals surface area contributed by atoms with Crippen molar-refractivity contribution in [2.45, 2.75) is 39.7 Å². The summed E-state index contributed by atoms with van der Waals surface area (Å²) in [5.74, 6) is -0.367. The van der Waals surface area contributed by atoms with Gasteiger partial charge in [0.15, 0.2) is 0 Å². The predicted molar refractivity (Wildman–Crippen MR) is 84.8 cm³/mol. The minimum Gasteiger partial charge on any atom is -0.392 e. The third kappa shape index (κ3) is 3.52. The van der Waals surface area contributed by atoms with Crippen LogP contribution in [0.4, 0.5) is 0 Å².